The predicted molar refractivity (Wildman–Crippen MR) is 74.6 cm³/mol. The molecular weight excluding hydrogens is 196 g/mol. The van der Waals surface area contributed by atoms with E-state index in [2.05, 4.69) is 53.7 Å². The van der Waals surface area contributed by atoms with Gasteiger partial charge in [-0.05, 0) is 37.0 Å². The fourth-order valence-corrected chi connectivity index (χ4v) is 1.04. The van der Waals surface area contributed by atoms with E-state index in [9.17, 15) is 0 Å². The van der Waals surface area contributed by atoms with Crippen molar-refractivity contribution in [3.05, 3.63) is 12.2 Å². The van der Waals surface area contributed by atoms with Crippen LogP contribution in [0.15, 0.2) is 12.2 Å². The number of aliphatic hydroxyl groups excluding tert-OH is 1. The van der Waals surface area contributed by atoms with Crippen molar-refractivity contribution in [1.82, 2.24) is 0 Å². The van der Waals surface area contributed by atoms with Crippen LogP contribution in [0.2, 0.25) is 0 Å². The molecule has 0 aliphatic heterocycles. The summed E-state index contributed by atoms with van der Waals surface area (Å²) in [6, 6.07) is 0. The molecule has 0 aromatic rings. The molecule has 0 unspecified atom stereocenters. The maximum Gasteiger partial charge on any atom is 0.0456 e. The van der Waals surface area contributed by atoms with Gasteiger partial charge in [-0.2, -0.15) is 0 Å². The summed E-state index contributed by atoms with van der Waals surface area (Å²) < 4.78 is 0. The molecule has 98 valence electrons. The zero-order chi connectivity index (χ0) is 13.0. The summed E-state index contributed by atoms with van der Waals surface area (Å²) in [6.45, 7) is 13.3. The molecule has 1 atom stereocenters. The normalized spacial score (nSPS) is 13.1. The Kier molecular flexibility index (Phi) is 14.4. The van der Waals surface area contributed by atoms with Crippen molar-refractivity contribution in [2.24, 2.45) is 17.8 Å². The Morgan fingerprint density at radius 1 is 1.00 bits per heavy atom. The molecule has 0 saturated carbocycles. The molecule has 0 aromatic carbocycles. The fraction of sp³-hybridized carbons (Fsp3) is 0.867. The molecule has 0 heterocycles. The van der Waals surface area contributed by atoms with Crippen LogP contribution >= 0.6 is 0 Å². The van der Waals surface area contributed by atoms with Gasteiger partial charge in [0.1, 0.15) is 0 Å². The minimum atomic E-state index is 0.327. The second kappa shape index (κ2) is 12.8. The zero-order valence-corrected chi connectivity index (χ0v) is 12.2. The van der Waals surface area contributed by atoms with Gasteiger partial charge in [0.25, 0.3) is 0 Å². The molecule has 0 aliphatic rings. The van der Waals surface area contributed by atoms with E-state index < -0.39 is 0 Å². The minimum Gasteiger partial charge on any atom is -0.396 e. The molecule has 1 heteroatoms. The Morgan fingerprint density at radius 2 is 1.50 bits per heavy atom. The van der Waals surface area contributed by atoms with Gasteiger partial charge in [0.2, 0.25) is 0 Å². The molecule has 0 spiro atoms. The van der Waals surface area contributed by atoms with Gasteiger partial charge in [0.15, 0.2) is 0 Å². The quantitative estimate of drug-likeness (QED) is 0.518. The summed E-state index contributed by atoms with van der Waals surface area (Å²) in [5, 5.41) is 8.76. The second-order valence-corrected chi connectivity index (χ2v) is 5.62. The van der Waals surface area contributed by atoms with Gasteiger partial charge in [0, 0.05) is 6.61 Å². The average molecular weight is 228 g/mol. The van der Waals surface area contributed by atoms with Crippen molar-refractivity contribution < 1.29 is 5.11 Å². The van der Waals surface area contributed by atoms with Crippen LogP contribution in [0.25, 0.3) is 0 Å². The van der Waals surface area contributed by atoms with Gasteiger partial charge in [-0.25, -0.2) is 0 Å². The lowest BCUT2D eigenvalue weighted by atomic mass is 10.0. The van der Waals surface area contributed by atoms with E-state index in [1.54, 1.807) is 0 Å². The summed E-state index contributed by atoms with van der Waals surface area (Å²) in [6.07, 6.45) is 7.98. The van der Waals surface area contributed by atoms with Gasteiger partial charge >= 0.3 is 0 Å². The number of aliphatic hydroxyl groups is 1. The molecule has 0 rings (SSSR count). The Bertz CT molecular complexity index is 145. The van der Waals surface area contributed by atoms with Crippen LogP contribution in [0, 0.1) is 17.8 Å². The zero-order valence-electron chi connectivity index (χ0n) is 12.2. The monoisotopic (exact) mass is 228 g/mol. The molecule has 0 amide bonds. The number of rotatable bonds is 6. The lowest BCUT2D eigenvalue weighted by Gasteiger charge is -2.04. The second-order valence-electron chi connectivity index (χ2n) is 5.62. The standard InChI is InChI=1S/C11H22O.C4H10/c1-10(2)7-5-4-6-8-11(3)9-12;1-4(2)3/h5,7,10-12H,4,6,8-9H2,1-3H3;4H,1-3H3/b7-5+;/t11-;/m1./s1. The Hall–Kier alpha value is -0.300. The lowest BCUT2D eigenvalue weighted by Crippen LogP contribution is -1.99. The van der Waals surface area contributed by atoms with E-state index in [1.165, 1.54) is 6.42 Å². The number of unbranched alkanes of at least 4 members (excludes halogenated alkanes) is 1. The molecule has 0 aliphatic carbocycles. The van der Waals surface area contributed by atoms with E-state index in [4.69, 9.17) is 5.11 Å². The first-order valence-corrected chi connectivity index (χ1v) is 6.67. The molecule has 16 heavy (non-hydrogen) atoms. The van der Waals surface area contributed by atoms with Crippen LogP contribution in [0.5, 0.6) is 0 Å². The highest BCUT2D eigenvalue weighted by atomic mass is 16.3. The molecule has 0 fully saturated rings. The first-order chi connectivity index (χ1) is 7.40. The van der Waals surface area contributed by atoms with Gasteiger partial charge in [-0.1, -0.05) is 53.7 Å². The third-order valence-corrected chi connectivity index (χ3v) is 1.90. The fourth-order valence-electron chi connectivity index (χ4n) is 1.04. The Labute approximate surface area is 103 Å². The number of hydrogen-bond acceptors (Lipinski definition) is 1. The van der Waals surface area contributed by atoms with Crippen LogP contribution in [0.3, 0.4) is 0 Å². The van der Waals surface area contributed by atoms with E-state index in [1.807, 2.05) is 0 Å². The number of hydrogen-bond donors (Lipinski definition) is 1. The largest absolute Gasteiger partial charge is 0.396 e. The van der Waals surface area contributed by atoms with E-state index >= 15 is 0 Å². The van der Waals surface area contributed by atoms with Crippen molar-refractivity contribution in [2.45, 2.75) is 60.8 Å². The van der Waals surface area contributed by atoms with Crippen molar-refractivity contribution >= 4 is 0 Å². The number of allylic oxidation sites excluding steroid dienone is 2. The molecule has 0 bridgehead atoms. The van der Waals surface area contributed by atoms with Crippen molar-refractivity contribution in [3.8, 4) is 0 Å². The van der Waals surface area contributed by atoms with Gasteiger partial charge in [-0.15, -0.1) is 0 Å². The highest BCUT2D eigenvalue weighted by molar-refractivity contribution is 4.84. The first kappa shape index (κ1) is 18.1. The van der Waals surface area contributed by atoms with Crippen LogP contribution in [-0.4, -0.2) is 11.7 Å². The minimum absolute atomic E-state index is 0.327. The first-order valence-electron chi connectivity index (χ1n) is 6.67. The van der Waals surface area contributed by atoms with Gasteiger partial charge in [-0.3, -0.25) is 0 Å². The molecule has 0 saturated heterocycles. The topological polar surface area (TPSA) is 20.2 Å². The highest BCUT2D eigenvalue weighted by Crippen LogP contribution is 2.07. The summed E-state index contributed by atoms with van der Waals surface area (Å²) in [5.74, 6) is 1.97. The summed E-state index contributed by atoms with van der Waals surface area (Å²) in [7, 11) is 0. The summed E-state index contributed by atoms with van der Waals surface area (Å²) in [5.41, 5.74) is 0. The van der Waals surface area contributed by atoms with Crippen molar-refractivity contribution in [1.29, 1.82) is 0 Å². The Balaban J connectivity index is 0. The third kappa shape index (κ3) is 23.5. The molecular formula is C15H32O. The molecule has 1 nitrogen and oxygen atoms in total. The van der Waals surface area contributed by atoms with E-state index in [0.29, 0.717) is 18.4 Å². The lowest BCUT2D eigenvalue weighted by molar-refractivity contribution is 0.228. The SMILES string of the molecule is CC(C)/C=C/CCC[C@@H](C)CO.CC(C)C. The van der Waals surface area contributed by atoms with Gasteiger partial charge < -0.3 is 5.11 Å². The van der Waals surface area contributed by atoms with Crippen molar-refractivity contribution in [2.75, 3.05) is 6.61 Å². The molecule has 1 N–H and O–H groups in total. The Morgan fingerprint density at radius 3 is 1.88 bits per heavy atom. The third-order valence-electron chi connectivity index (χ3n) is 1.90. The van der Waals surface area contributed by atoms with Crippen LogP contribution < -0.4 is 0 Å². The van der Waals surface area contributed by atoms with Crippen LogP contribution in [-0.2, 0) is 0 Å². The maximum atomic E-state index is 8.76. The van der Waals surface area contributed by atoms with Crippen LogP contribution in [0.4, 0.5) is 0 Å². The van der Waals surface area contributed by atoms with Crippen LogP contribution in [0.1, 0.15) is 60.8 Å². The summed E-state index contributed by atoms with van der Waals surface area (Å²) >= 11 is 0. The molecule has 0 aromatic heterocycles. The van der Waals surface area contributed by atoms with E-state index in [-0.39, 0.29) is 0 Å². The van der Waals surface area contributed by atoms with Crippen molar-refractivity contribution in [3.63, 3.8) is 0 Å². The van der Waals surface area contributed by atoms with Gasteiger partial charge in [0.05, 0.1) is 0 Å². The molecule has 0 radical (unpaired) electrons. The average Bonchev–Trinajstić information content (AvgIpc) is 2.15. The summed E-state index contributed by atoms with van der Waals surface area (Å²) in [4.78, 5) is 0. The maximum absolute atomic E-state index is 8.76. The predicted octanol–water partition coefficient (Wildman–Crippen LogP) is 4.66. The smallest absolute Gasteiger partial charge is 0.0456 e. The highest BCUT2D eigenvalue weighted by Gasteiger charge is 1.97. The van der Waals surface area contributed by atoms with E-state index in [0.717, 1.165) is 18.8 Å².